The van der Waals surface area contributed by atoms with E-state index in [4.69, 9.17) is 0 Å². The maximum Gasteiger partial charge on any atom is 0.223 e. The Morgan fingerprint density at radius 1 is 1.05 bits per heavy atom. The van der Waals surface area contributed by atoms with Crippen LogP contribution < -0.4 is 0 Å². The Morgan fingerprint density at radius 3 is 2.20 bits per heavy atom. The van der Waals surface area contributed by atoms with Crippen molar-refractivity contribution >= 4 is 5.91 Å². The molecule has 0 aromatic heterocycles. The van der Waals surface area contributed by atoms with E-state index < -0.39 is 0 Å². The molecule has 3 heteroatoms. The van der Waals surface area contributed by atoms with Crippen LogP contribution in [-0.2, 0) is 4.79 Å². The van der Waals surface area contributed by atoms with E-state index in [1.54, 1.807) is 0 Å². The largest absolute Gasteiger partial charge is 0.340 e. The van der Waals surface area contributed by atoms with Gasteiger partial charge in [0, 0.05) is 38.6 Å². The molecular weight excluding hydrogens is 248 g/mol. The highest BCUT2D eigenvalue weighted by molar-refractivity contribution is 5.77. The van der Waals surface area contributed by atoms with E-state index in [0.29, 0.717) is 24.3 Å². The van der Waals surface area contributed by atoms with Crippen molar-refractivity contribution in [3.63, 3.8) is 0 Å². The fraction of sp³-hybridized carbons (Fsp3) is 0.588. The second kappa shape index (κ2) is 6.89. The van der Waals surface area contributed by atoms with Crippen LogP contribution in [0.5, 0.6) is 0 Å². The van der Waals surface area contributed by atoms with Crippen LogP contribution in [0, 0.1) is 0 Å². The van der Waals surface area contributed by atoms with Gasteiger partial charge < -0.3 is 4.90 Å². The average Bonchev–Trinajstić information content (AvgIpc) is 2.48. The second-order valence-electron chi connectivity index (χ2n) is 6.03. The van der Waals surface area contributed by atoms with Gasteiger partial charge in [0.15, 0.2) is 0 Å². The van der Waals surface area contributed by atoms with Crippen LogP contribution in [0.15, 0.2) is 30.3 Å². The number of carbonyl (C=O) groups is 1. The van der Waals surface area contributed by atoms with Crippen molar-refractivity contribution in [3.8, 4) is 0 Å². The smallest absolute Gasteiger partial charge is 0.223 e. The summed E-state index contributed by atoms with van der Waals surface area (Å²) < 4.78 is 0. The van der Waals surface area contributed by atoms with Gasteiger partial charge in [-0.3, -0.25) is 9.69 Å². The Hall–Kier alpha value is -1.35. The Labute approximate surface area is 122 Å². The van der Waals surface area contributed by atoms with Crippen molar-refractivity contribution in [2.75, 3.05) is 26.2 Å². The molecule has 3 nitrogen and oxygen atoms in total. The van der Waals surface area contributed by atoms with Crippen molar-refractivity contribution in [2.45, 2.75) is 39.2 Å². The van der Waals surface area contributed by atoms with Gasteiger partial charge in [0.1, 0.15) is 0 Å². The van der Waals surface area contributed by atoms with Gasteiger partial charge in [-0.2, -0.15) is 0 Å². The number of piperazine rings is 1. The zero-order chi connectivity index (χ0) is 14.5. The van der Waals surface area contributed by atoms with E-state index in [1.807, 2.05) is 23.1 Å². The summed E-state index contributed by atoms with van der Waals surface area (Å²) in [5.74, 6) is 0.594. The first-order valence-corrected chi connectivity index (χ1v) is 7.64. The number of carbonyl (C=O) groups excluding carboxylic acids is 1. The van der Waals surface area contributed by atoms with Gasteiger partial charge in [0.05, 0.1) is 0 Å². The SMILES string of the molecule is CC(CC(=O)N1CCN(C(C)C)CC1)c1ccccc1. The average molecular weight is 274 g/mol. The van der Waals surface area contributed by atoms with Gasteiger partial charge >= 0.3 is 0 Å². The molecule has 0 aliphatic carbocycles. The van der Waals surface area contributed by atoms with Crippen LogP contribution >= 0.6 is 0 Å². The maximum absolute atomic E-state index is 12.4. The summed E-state index contributed by atoms with van der Waals surface area (Å²) in [6, 6.07) is 10.9. The molecule has 1 aromatic rings. The number of rotatable bonds is 4. The quantitative estimate of drug-likeness (QED) is 0.843. The summed E-state index contributed by atoms with van der Waals surface area (Å²) >= 11 is 0. The summed E-state index contributed by atoms with van der Waals surface area (Å²) in [6.07, 6.45) is 0.617. The molecule has 0 spiro atoms. The molecule has 0 N–H and O–H groups in total. The Balaban J connectivity index is 1.84. The molecule has 0 radical (unpaired) electrons. The first-order valence-electron chi connectivity index (χ1n) is 7.64. The summed E-state index contributed by atoms with van der Waals surface area (Å²) in [7, 11) is 0. The summed E-state index contributed by atoms with van der Waals surface area (Å²) in [4.78, 5) is 16.8. The highest BCUT2D eigenvalue weighted by Gasteiger charge is 2.23. The molecule has 20 heavy (non-hydrogen) atoms. The van der Waals surface area contributed by atoms with E-state index in [2.05, 4.69) is 37.8 Å². The van der Waals surface area contributed by atoms with Crippen molar-refractivity contribution in [3.05, 3.63) is 35.9 Å². The summed E-state index contributed by atoms with van der Waals surface area (Å²) in [5.41, 5.74) is 1.25. The molecule has 1 atom stereocenters. The predicted octanol–water partition coefficient (Wildman–Crippen LogP) is 2.73. The molecule has 1 unspecified atom stereocenters. The van der Waals surface area contributed by atoms with Gasteiger partial charge in [0.2, 0.25) is 5.91 Å². The third-order valence-electron chi connectivity index (χ3n) is 4.25. The molecule has 1 aliphatic heterocycles. The van der Waals surface area contributed by atoms with Crippen LogP contribution in [0.1, 0.15) is 38.7 Å². The second-order valence-corrected chi connectivity index (χ2v) is 6.03. The van der Waals surface area contributed by atoms with Crippen molar-refractivity contribution < 1.29 is 4.79 Å². The number of amides is 1. The fourth-order valence-electron chi connectivity index (χ4n) is 2.78. The minimum atomic E-state index is 0.296. The Morgan fingerprint density at radius 2 is 1.65 bits per heavy atom. The van der Waals surface area contributed by atoms with Crippen molar-refractivity contribution in [1.82, 2.24) is 9.80 Å². The van der Waals surface area contributed by atoms with E-state index in [-0.39, 0.29) is 0 Å². The van der Waals surface area contributed by atoms with Crippen molar-refractivity contribution in [1.29, 1.82) is 0 Å². The van der Waals surface area contributed by atoms with Crippen molar-refractivity contribution in [2.24, 2.45) is 0 Å². The molecule has 1 amide bonds. The van der Waals surface area contributed by atoms with Gasteiger partial charge in [-0.15, -0.1) is 0 Å². The zero-order valence-corrected chi connectivity index (χ0v) is 12.9. The summed E-state index contributed by atoms with van der Waals surface area (Å²) in [5, 5.41) is 0. The number of hydrogen-bond acceptors (Lipinski definition) is 2. The number of nitrogens with zero attached hydrogens (tertiary/aromatic N) is 2. The molecule has 1 aromatic carbocycles. The maximum atomic E-state index is 12.4. The predicted molar refractivity (Wildman–Crippen MR) is 82.8 cm³/mol. The molecule has 1 fully saturated rings. The molecule has 1 aliphatic rings. The molecular formula is C17H26N2O. The van der Waals surface area contributed by atoms with E-state index >= 15 is 0 Å². The standard InChI is InChI=1S/C17H26N2O/c1-14(2)18-9-11-19(12-10-18)17(20)13-15(3)16-7-5-4-6-8-16/h4-8,14-15H,9-13H2,1-3H3. The van der Waals surface area contributed by atoms with Gasteiger partial charge in [-0.05, 0) is 25.3 Å². The molecule has 110 valence electrons. The topological polar surface area (TPSA) is 23.6 Å². The van der Waals surface area contributed by atoms with Crippen LogP contribution in [0.25, 0.3) is 0 Å². The molecule has 1 heterocycles. The van der Waals surface area contributed by atoms with Crippen LogP contribution in [0.4, 0.5) is 0 Å². The first-order chi connectivity index (χ1) is 9.58. The number of hydrogen-bond donors (Lipinski definition) is 0. The lowest BCUT2D eigenvalue weighted by Crippen LogP contribution is -2.50. The highest BCUT2D eigenvalue weighted by Crippen LogP contribution is 2.20. The minimum absolute atomic E-state index is 0.296. The van der Waals surface area contributed by atoms with E-state index in [1.165, 1.54) is 5.56 Å². The monoisotopic (exact) mass is 274 g/mol. The molecule has 2 rings (SSSR count). The Kier molecular flexibility index (Phi) is 5.18. The van der Waals surface area contributed by atoms with Gasteiger partial charge in [0.25, 0.3) is 0 Å². The van der Waals surface area contributed by atoms with E-state index in [9.17, 15) is 4.79 Å². The lowest BCUT2D eigenvalue weighted by atomic mass is 9.97. The van der Waals surface area contributed by atoms with Crippen LogP contribution in [0.3, 0.4) is 0 Å². The first kappa shape index (κ1) is 15.0. The molecule has 0 saturated carbocycles. The molecule has 1 saturated heterocycles. The highest BCUT2D eigenvalue weighted by atomic mass is 16.2. The third kappa shape index (κ3) is 3.83. The number of benzene rings is 1. The lowest BCUT2D eigenvalue weighted by Gasteiger charge is -2.37. The van der Waals surface area contributed by atoms with Crippen LogP contribution in [-0.4, -0.2) is 47.9 Å². The van der Waals surface area contributed by atoms with Gasteiger partial charge in [-0.1, -0.05) is 37.3 Å². The fourth-order valence-corrected chi connectivity index (χ4v) is 2.78. The zero-order valence-electron chi connectivity index (χ0n) is 12.9. The summed E-state index contributed by atoms with van der Waals surface area (Å²) in [6.45, 7) is 10.3. The van der Waals surface area contributed by atoms with Crippen LogP contribution in [0.2, 0.25) is 0 Å². The lowest BCUT2D eigenvalue weighted by molar-refractivity contribution is -0.133. The molecule has 0 bridgehead atoms. The van der Waals surface area contributed by atoms with Gasteiger partial charge in [-0.25, -0.2) is 0 Å². The normalized spacial score (nSPS) is 18.3. The minimum Gasteiger partial charge on any atom is -0.340 e. The third-order valence-corrected chi connectivity index (χ3v) is 4.25. The van der Waals surface area contributed by atoms with E-state index in [0.717, 1.165) is 26.2 Å². The Bertz CT molecular complexity index is 422.